The SMILES string of the molecule is CCN1CCN(S(=O)(=O)c2cccc(NC(=O)c3cc(C4CC4)nn3-c3ccccc3)c2)CC1. The second-order valence-electron chi connectivity index (χ2n) is 8.80. The number of amides is 1. The maximum atomic E-state index is 13.3. The van der Waals surface area contributed by atoms with Crippen molar-refractivity contribution < 1.29 is 13.2 Å². The van der Waals surface area contributed by atoms with Crippen molar-refractivity contribution in [2.75, 3.05) is 38.0 Å². The summed E-state index contributed by atoms with van der Waals surface area (Å²) in [6, 6.07) is 17.9. The van der Waals surface area contributed by atoms with Gasteiger partial charge in [-0.2, -0.15) is 9.40 Å². The first-order valence-electron chi connectivity index (χ1n) is 11.7. The lowest BCUT2D eigenvalue weighted by atomic mass is 10.2. The smallest absolute Gasteiger partial charge is 0.274 e. The predicted octanol–water partition coefficient (Wildman–Crippen LogP) is 3.33. The number of piperazine rings is 1. The third kappa shape index (κ3) is 4.64. The summed E-state index contributed by atoms with van der Waals surface area (Å²) in [4.78, 5) is 15.7. The molecule has 5 rings (SSSR count). The molecular formula is C25H29N5O3S. The Bertz CT molecular complexity index is 1280. The zero-order valence-corrected chi connectivity index (χ0v) is 20.0. The number of likely N-dealkylation sites (N-methyl/N-ethyl adjacent to an activating group) is 1. The van der Waals surface area contributed by atoms with Crippen LogP contribution < -0.4 is 5.32 Å². The first kappa shape index (κ1) is 22.8. The van der Waals surface area contributed by atoms with Gasteiger partial charge in [0.05, 0.1) is 16.3 Å². The molecule has 0 bridgehead atoms. The van der Waals surface area contributed by atoms with Crippen LogP contribution in [0.3, 0.4) is 0 Å². The van der Waals surface area contributed by atoms with Gasteiger partial charge in [-0.05, 0) is 55.8 Å². The number of carbonyl (C=O) groups excluding carboxylic acids is 1. The molecule has 1 aromatic heterocycles. The van der Waals surface area contributed by atoms with E-state index < -0.39 is 10.0 Å². The summed E-state index contributed by atoms with van der Waals surface area (Å²) >= 11 is 0. The van der Waals surface area contributed by atoms with Crippen molar-refractivity contribution >= 4 is 21.6 Å². The number of carbonyl (C=O) groups is 1. The Hall–Kier alpha value is -3.01. The highest BCUT2D eigenvalue weighted by atomic mass is 32.2. The lowest BCUT2D eigenvalue weighted by Crippen LogP contribution is -2.48. The van der Waals surface area contributed by atoms with Gasteiger partial charge < -0.3 is 10.2 Å². The minimum absolute atomic E-state index is 0.186. The van der Waals surface area contributed by atoms with Crippen LogP contribution in [0.4, 0.5) is 5.69 Å². The fourth-order valence-electron chi connectivity index (χ4n) is 4.27. The molecule has 1 aliphatic heterocycles. The minimum atomic E-state index is -3.63. The summed E-state index contributed by atoms with van der Waals surface area (Å²) in [5.41, 5.74) is 2.59. The maximum absolute atomic E-state index is 13.3. The van der Waals surface area contributed by atoms with Gasteiger partial charge in [0.2, 0.25) is 10.0 Å². The van der Waals surface area contributed by atoms with E-state index in [9.17, 15) is 13.2 Å². The highest BCUT2D eigenvalue weighted by Gasteiger charge is 2.30. The number of hydrogen-bond acceptors (Lipinski definition) is 5. The van der Waals surface area contributed by atoms with Crippen molar-refractivity contribution in [1.82, 2.24) is 19.0 Å². The molecule has 8 nitrogen and oxygen atoms in total. The summed E-state index contributed by atoms with van der Waals surface area (Å²) in [6.45, 7) is 5.36. The van der Waals surface area contributed by atoms with E-state index >= 15 is 0 Å². The number of benzene rings is 2. The molecule has 1 N–H and O–H groups in total. The largest absolute Gasteiger partial charge is 0.321 e. The molecule has 2 heterocycles. The quantitative estimate of drug-likeness (QED) is 0.562. The minimum Gasteiger partial charge on any atom is -0.321 e. The Balaban J connectivity index is 1.38. The lowest BCUT2D eigenvalue weighted by Gasteiger charge is -2.33. The number of rotatable bonds is 7. The number of nitrogens with zero attached hydrogens (tertiary/aromatic N) is 4. The fraction of sp³-hybridized carbons (Fsp3) is 0.360. The predicted molar refractivity (Wildman–Crippen MR) is 131 cm³/mol. The van der Waals surface area contributed by atoms with Crippen LogP contribution in [-0.2, 0) is 10.0 Å². The van der Waals surface area contributed by atoms with E-state index in [2.05, 4.69) is 22.2 Å². The summed E-state index contributed by atoms with van der Waals surface area (Å²) in [5.74, 6) is 0.0764. The van der Waals surface area contributed by atoms with Crippen LogP contribution in [-0.4, -0.2) is 66.0 Å². The van der Waals surface area contributed by atoms with E-state index in [1.54, 1.807) is 22.9 Å². The average molecular weight is 480 g/mol. The first-order chi connectivity index (χ1) is 16.5. The normalized spacial score (nSPS) is 17.6. The van der Waals surface area contributed by atoms with Gasteiger partial charge in [0.1, 0.15) is 5.69 Å². The molecule has 0 spiro atoms. The molecule has 1 saturated carbocycles. The second kappa shape index (κ2) is 9.32. The van der Waals surface area contributed by atoms with Crippen LogP contribution in [0.25, 0.3) is 5.69 Å². The van der Waals surface area contributed by atoms with Crippen molar-refractivity contribution in [3.8, 4) is 5.69 Å². The molecule has 2 aliphatic rings. The van der Waals surface area contributed by atoms with Gasteiger partial charge >= 0.3 is 0 Å². The van der Waals surface area contributed by atoms with Gasteiger partial charge in [0.25, 0.3) is 5.91 Å². The highest BCUT2D eigenvalue weighted by molar-refractivity contribution is 7.89. The molecule has 9 heteroatoms. The molecule has 2 aromatic carbocycles. The molecule has 3 aromatic rings. The molecular weight excluding hydrogens is 450 g/mol. The maximum Gasteiger partial charge on any atom is 0.274 e. The topological polar surface area (TPSA) is 87.5 Å². The molecule has 1 amide bonds. The van der Waals surface area contributed by atoms with Crippen LogP contribution in [0, 0.1) is 0 Å². The van der Waals surface area contributed by atoms with Gasteiger partial charge in [0.15, 0.2) is 0 Å². The van der Waals surface area contributed by atoms with Gasteiger partial charge in [-0.1, -0.05) is 31.2 Å². The molecule has 34 heavy (non-hydrogen) atoms. The van der Waals surface area contributed by atoms with E-state index in [0.717, 1.165) is 43.9 Å². The Labute approximate surface area is 200 Å². The van der Waals surface area contributed by atoms with Crippen molar-refractivity contribution in [3.63, 3.8) is 0 Å². The summed E-state index contributed by atoms with van der Waals surface area (Å²) in [7, 11) is -3.63. The van der Waals surface area contributed by atoms with Gasteiger partial charge in [0, 0.05) is 37.8 Å². The van der Waals surface area contributed by atoms with Crippen molar-refractivity contribution in [2.45, 2.75) is 30.6 Å². The number of anilines is 1. The molecule has 1 aliphatic carbocycles. The third-order valence-electron chi connectivity index (χ3n) is 6.47. The Morgan fingerprint density at radius 1 is 1.00 bits per heavy atom. The van der Waals surface area contributed by atoms with E-state index in [4.69, 9.17) is 0 Å². The van der Waals surface area contributed by atoms with Gasteiger partial charge in [-0.3, -0.25) is 4.79 Å². The van der Waals surface area contributed by atoms with Crippen molar-refractivity contribution in [1.29, 1.82) is 0 Å². The standard InChI is InChI=1S/C25H29N5O3S/c1-2-28-13-15-29(16-14-28)34(32,33)22-10-6-7-20(17-22)26-25(31)24-18-23(19-11-12-19)27-30(24)21-8-4-3-5-9-21/h3-10,17-19H,2,11-16H2,1H3,(H,26,31). The number of sulfonamides is 1. The van der Waals surface area contributed by atoms with Gasteiger partial charge in [-0.15, -0.1) is 0 Å². The van der Waals surface area contributed by atoms with Crippen LogP contribution in [0.2, 0.25) is 0 Å². The second-order valence-corrected chi connectivity index (χ2v) is 10.7. The van der Waals surface area contributed by atoms with Crippen LogP contribution in [0.1, 0.15) is 41.9 Å². The van der Waals surface area contributed by atoms with Crippen LogP contribution in [0.15, 0.2) is 65.6 Å². The summed E-state index contributed by atoms with van der Waals surface area (Å²) in [5, 5.41) is 7.57. The molecule has 2 fully saturated rings. The van der Waals surface area contributed by atoms with Crippen molar-refractivity contribution in [2.24, 2.45) is 0 Å². The fourth-order valence-corrected chi connectivity index (χ4v) is 5.74. The lowest BCUT2D eigenvalue weighted by molar-refractivity contribution is 0.101. The van der Waals surface area contributed by atoms with E-state index in [-0.39, 0.29) is 10.8 Å². The molecule has 0 radical (unpaired) electrons. The number of aromatic nitrogens is 2. The number of nitrogens with one attached hydrogen (secondary N) is 1. The monoisotopic (exact) mass is 479 g/mol. The molecule has 0 unspecified atom stereocenters. The zero-order valence-electron chi connectivity index (χ0n) is 19.2. The molecule has 178 valence electrons. The third-order valence-corrected chi connectivity index (χ3v) is 8.36. The summed E-state index contributed by atoms with van der Waals surface area (Å²) in [6.07, 6.45) is 2.17. The summed E-state index contributed by atoms with van der Waals surface area (Å²) < 4.78 is 29.6. The van der Waals surface area contributed by atoms with Crippen molar-refractivity contribution in [3.05, 3.63) is 72.1 Å². The van der Waals surface area contributed by atoms with E-state index in [0.29, 0.717) is 30.4 Å². The van der Waals surface area contributed by atoms with Gasteiger partial charge in [-0.25, -0.2) is 13.1 Å². The Morgan fingerprint density at radius 2 is 1.74 bits per heavy atom. The van der Waals surface area contributed by atoms with E-state index in [1.165, 1.54) is 10.4 Å². The van der Waals surface area contributed by atoms with E-state index in [1.807, 2.05) is 36.4 Å². The number of para-hydroxylation sites is 1. The first-order valence-corrected chi connectivity index (χ1v) is 13.2. The molecule has 0 atom stereocenters. The molecule has 1 saturated heterocycles. The highest BCUT2D eigenvalue weighted by Crippen LogP contribution is 2.39. The number of hydrogen-bond donors (Lipinski definition) is 1. The average Bonchev–Trinajstić information content (AvgIpc) is 3.62. The zero-order chi connectivity index (χ0) is 23.7. The Kier molecular flexibility index (Phi) is 6.24. The Morgan fingerprint density at radius 3 is 2.41 bits per heavy atom. The van der Waals surface area contributed by atoms with Crippen LogP contribution in [0.5, 0.6) is 0 Å². The van der Waals surface area contributed by atoms with Crippen LogP contribution >= 0.6 is 0 Å².